The van der Waals surface area contributed by atoms with Crippen LogP contribution in [0.15, 0.2) is 12.1 Å². The van der Waals surface area contributed by atoms with Crippen LogP contribution in [0, 0.1) is 12.7 Å². The molecule has 104 valence electrons. The molecule has 1 aromatic rings. The standard InChI is InChI=1S/C15H19FO3/c1-10-11(16)6-7-12(19-2)13(10)15(14(17)18)8-4-3-5-9-15/h6-7H,3-5,8-9H2,1-2H3,(H,17,18). The van der Waals surface area contributed by atoms with Gasteiger partial charge >= 0.3 is 5.97 Å². The minimum Gasteiger partial charge on any atom is -0.496 e. The molecule has 0 saturated heterocycles. The maximum absolute atomic E-state index is 13.8. The van der Waals surface area contributed by atoms with Gasteiger partial charge in [0.25, 0.3) is 0 Å². The summed E-state index contributed by atoms with van der Waals surface area (Å²) in [6, 6.07) is 2.85. The number of hydrogen-bond donors (Lipinski definition) is 1. The maximum Gasteiger partial charge on any atom is 0.314 e. The fourth-order valence-electron chi connectivity index (χ4n) is 3.15. The second-order valence-electron chi connectivity index (χ2n) is 5.20. The largest absolute Gasteiger partial charge is 0.496 e. The summed E-state index contributed by atoms with van der Waals surface area (Å²) in [5.41, 5.74) is -0.0960. The predicted octanol–water partition coefficient (Wildman–Crippen LogP) is 3.43. The Balaban J connectivity index is 2.65. The van der Waals surface area contributed by atoms with Crippen molar-refractivity contribution < 1.29 is 19.0 Å². The van der Waals surface area contributed by atoms with Gasteiger partial charge in [0.05, 0.1) is 12.5 Å². The molecule has 0 aromatic heterocycles. The third-order valence-corrected chi connectivity index (χ3v) is 4.18. The maximum atomic E-state index is 13.8. The van der Waals surface area contributed by atoms with Crippen molar-refractivity contribution in [3.8, 4) is 5.75 Å². The van der Waals surface area contributed by atoms with Gasteiger partial charge in [0, 0.05) is 5.56 Å². The Kier molecular flexibility index (Phi) is 3.78. The molecule has 1 fully saturated rings. The lowest BCUT2D eigenvalue weighted by atomic mass is 9.68. The summed E-state index contributed by atoms with van der Waals surface area (Å²) in [6.07, 6.45) is 3.83. The minimum absolute atomic E-state index is 0.373. The van der Waals surface area contributed by atoms with E-state index >= 15 is 0 Å². The van der Waals surface area contributed by atoms with Crippen LogP contribution in [0.4, 0.5) is 4.39 Å². The molecule has 0 amide bonds. The van der Waals surface area contributed by atoms with Crippen molar-refractivity contribution in [2.45, 2.75) is 44.4 Å². The number of benzene rings is 1. The lowest BCUT2D eigenvalue weighted by Crippen LogP contribution is -2.39. The Morgan fingerprint density at radius 3 is 2.47 bits per heavy atom. The Morgan fingerprint density at radius 1 is 1.32 bits per heavy atom. The lowest BCUT2D eigenvalue weighted by Gasteiger charge is -2.35. The summed E-state index contributed by atoms with van der Waals surface area (Å²) in [7, 11) is 1.49. The monoisotopic (exact) mass is 266 g/mol. The molecule has 0 unspecified atom stereocenters. The van der Waals surface area contributed by atoms with Gasteiger partial charge in [-0.2, -0.15) is 0 Å². The zero-order valence-corrected chi connectivity index (χ0v) is 11.3. The molecule has 3 nitrogen and oxygen atoms in total. The molecule has 0 aliphatic heterocycles. The number of halogens is 1. The first-order chi connectivity index (χ1) is 9.03. The molecule has 2 rings (SSSR count). The van der Waals surface area contributed by atoms with Crippen molar-refractivity contribution in [2.75, 3.05) is 7.11 Å². The van der Waals surface area contributed by atoms with Crippen LogP contribution in [0.3, 0.4) is 0 Å². The minimum atomic E-state index is -1.00. The van der Waals surface area contributed by atoms with Crippen molar-refractivity contribution >= 4 is 5.97 Å². The second kappa shape index (κ2) is 5.19. The smallest absolute Gasteiger partial charge is 0.314 e. The number of rotatable bonds is 3. The van der Waals surface area contributed by atoms with E-state index in [-0.39, 0.29) is 5.82 Å². The highest BCUT2D eigenvalue weighted by Gasteiger charge is 2.44. The summed E-state index contributed by atoms with van der Waals surface area (Å²) in [5.74, 6) is -0.774. The van der Waals surface area contributed by atoms with Crippen LogP contribution in [0.1, 0.15) is 43.2 Å². The predicted molar refractivity (Wildman–Crippen MR) is 70.1 cm³/mol. The molecule has 1 saturated carbocycles. The van der Waals surface area contributed by atoms with Gasteiger partial charge in [-0.3, -0.25) is 4.79 Å². The van der Waals surface area contributed by atoms with Crippen LogP contribution >= 0.6 is 0 Å². The van der Waals surface area contributed by atoms with Crippen LogP contribution in [0.5, 0.6) is 5.75 Å². The van der Waals surface area contributed by atoms with Crippen LogP contribution in [0.2, 0.25) is 0 Å². The molecule has 1 aliphatic carbocycles. The average Bonchev–Trinajstić information content (AvgIpc) is 2.42. The summed E-state index contributed by atoms with van der Waals surface area (Å²) >= 11 is 0. The highest BCUT2D eigenvalue weighted by molar-refractivity contribution is 5.83. The highest BCUT2D eigenvalue weighted by atomic mass is 19.1. The van der Waals surface area contributed by atoms with E-state index in [4.69, 9.17) is 4.74 Å². The Morgan fingerprint density at radius 2 is 1.95 bits per heavy atom. The number of carboxylic acids is 1. The summed E-state index contributed by atoms with van der Waals surface area (Å²) in [4.78, 5) is 11.8. The van der Waals surface area contributed by atoms with Crippen LogP contribution in [-0.2, 0) is 10.2 Å². The first-order valence-corrected chi connectivity index (χ1v) is 6.60. The third kappa shape index (κ3) is 2.20. The first-order valence-electron chi connectivity index (χ1n) is 6.60. The normalized spacial score (nSPS) is 18.1. The molecule has 0 radical (unpaired) electrons. The van der Waals surface area contributed by atoms with Gasteiger partial charge in [0.1, 0.15) is 11.6 Å². The van der Waals surface area contributed by atoms with Gasteiger partial charge in [0.15, 0.2) is 0 Å². The molecular formula is C15H19FO3. The molecule has 0 bridgehead atoms. The van der Waals surface area contributed by atoms with E-state index in [0.717, 1.165) is 19.3 Å². The van der Waals surface area contributed by atoms with E-state index in [1.54, 1.807) is 6.92 Å². The lowest BCUT2D eigenvalue weighted by molar-refractivity contribution is -0.145. The average molecular weight is 266 g/mol. The van der Waals surface area contributed by atoms with E-state index in [2.05, 4.69) is 0 Å². The summed E-state index contributed by atoms with van der Waals surface area (Å²) < 4.78 is 19.1. The fraction of sp³-hybridized carbons (Fsp3) is 0.533. The quantitative estimate of drug-likeness (QED) is 0.911. The molecule has 1 aliphatic rings. The molecular weight excluding hydrogens is 247 g/mol. The van der Waals surface area contributed by atoms with E-state index in [1.807, 2.05) is 0 Å². The molecule has 4 heteroatoms. The van der Waals surface area contributed by atoms with Gasteiger partial charge in [0.2, 0.25) is 0 Å². The molecule has 1 N–H and O–H groups in total. The number of ether oxygens (including phenoxy) is 1. The SMILES string of the molecule is COc1ccc(F)c(C)c1C1(C(=O)O)CCCCC1. The van der Waals surface area contributed by atoms with Crippen molar-refractivity contribution in [1.29, 1.82) is 0 Å². The van der Waals surface area contributed by atoms with Crippen molar-refractivity contribution in [3.63, 3.8) is 0 Å². The van der Waals surface area contributed by atoms with E-state index < -0.39 is 11.4 Å². The highest BCUT2D eigenvalue weighted by Crippen LogP contribution is 2.45. The van der Waals surface area contributed by atoms with Crippen molar-refractivity contribution in [1.82, 2.24) is 0 Å². The number of carbonyl (C=O) groups is 1. The number of hydrogen-bond acceptors (Lipinski definition) is 2. The Bertz CT molecular complexity index is 490. The first kappa shape index (κ1) is 13.8. The zero-order chi connectivity index (χ0) is 14.0. The number of carboxylic acid groups (broad SMARTS) is 1. The van der Waals surface area contributed by atoms with Gasteiger partial charge in [-0.25, -0.2) is 4.39 Å². The van der Waals surface area contributed by atoms with E-state index in [0.29, 0.717) is 29.7 Å². The molecule has 1 aromatic carbocycles. The van der Waals surface area contributed by atoms with Gasteiger partial charge in [-0.1, -0.05) is 19.3 Å². The third-order valence-electron chi connectivity index (χ3n) is 4.18. The second-order valence-corrected chi connectivity index (χ2v) is 5.20. The molecule has 0 atom stereocenters. The zero-order valence-electron chi connectivity index (χ0n) is 11.3. The van der Waals surface area contributed by atoms with Crippen LogP contribution < -0.4 is 4.74 Å². The van der Waals surface area contributed by atoms with Gasteiger partial charge in [-0.05, 0) is 37.5 Å². The molecule has 0 spiro atoms. The Hall–Kier alpha value is -1.58. The van der Waals surface area contributed by atoms with Gasteiger partial charge in [-0.15, -0.1) is 0 Å². The topological polar surface area (TPSA) is 46.5 Å². The molecule has 19 heavy (non-hydrogen) atoms. The molecule has 0 heterocycles. The van der Waals surface area contributed by atoms with Gasteiger partial charge < -0.3 is 9.84 Å². The van der Waals surface area contributed by atoms with E-state index in [9.17, 15) is 14.3 Å². The van der Waals surface area contributed by atoms with Crippen LogP contribution in [0.25, 0.3) is 0 Å². The van der Waals surface area contributed by atoms with Crippen LogP contribution in [-0.4, -0.2) is 18.2 Å². The van der Waals surface area contributed by atoms with E-state index in [1.165, 1.54) is 19.2 Å². The number of methoxy groups -OCH3 is 1. The Labute approximate surface area is 112 Å². The summed E-state index contributed by atoms with van der Waals surface area (Å²) in [6.45, 7) is 1.63. The number of aliphatic carboxylic acids is 1. The fourth-order valence-corrected chi connectivity index (χ4v) is 3.15. The van der Waals surface area contributed by atoms with Crippen molar-refractivity contribution in [3.05, 3.63) is 29.1 Å². The summed E-state index contributed by atoms with van der Waals surface area (Å²) in [5, 5.41) is 9.70. The van der Waals surface area contributed by atoms with Crippen molar-refractivity contribution in [2.24, 2.45) is 0 Å².